The molecule has 0 radical (unpaired) electrons. The summed E-state index contributed by atoms with van der Waals surface area (Å²) >= 11 is 1.82. The van der Waals surface area contributed by atoms with E-state index >= 15 is 0 Å². The predicted molar refractivity (Wildman–Crippen MR) is 205 cm³/mol. The maximum absolute atomic E-state index is 5.41. The molecule has 49 heavy (non-hydrogen) atoms. The molecule has 228 valence electrons. The lowest BCUT2D eigenvalue weighted by Crippen LogP contribution is -1.98. The Morgan fingerprint density at radius 2 is 1.00 bits per heavy atom. The smallest absolute Gasteiger partial charge is 0.0988 e. The minimum atomic E-state index is 0.817. The van der Waals surface area contributed by atoms with Crippen LogP contribution in [-0.4, -0.2) is 19.9 Å². The molecule has 0 saturated heterocycles. The standard InChI is InChI=1S/C44H26N4S/c1-3-10-27(11-4-1)35-23-20-29-18-19-30-21-24-36(46-41(30)40(29)45-35)33-15-9-16-37-44(33)48-42(28-12-5-2-6-13-28)43(47-37)31-22-25-39-34(26-31)32-14-7-8-17-38(32)49-39/h1-26H. The van der Waals surface area contributed by atoms with Gasteiger partial charge in [0.2, 0.25) is 0 Å². The van der Waals surface area contributed by atoms with Crippen molar-refractivity contribution in [3.8, 4) is 45.0 Å². The summed E-state index contributed by atoms with van der Waals surface area (Å²) in [5.74, 6) is 0. The van der Waals surface area contributed by atoms with Crippen molar-refractivity contribution in [3.63, 3.8) is 0 Å². The SMILES string of the molecule is c1ccc(-c2ccc3ccc4ccc(-c5cccc6nc(-c7ccc8sc9ccccc9c8c7)c(-c7ccccc7)nc56)nc4c3n2)cc1. The highest BCUT2D eigenvalue weighted by molar-refractivity contribution is 7.25. The highest BCUT2D eigenvalue weighted by atomic mass is 32.1. The van der Waals surface area contributed by atoms with E-state index in [1.807, 2.05) is 41.7 Å². The van der Waals surface area contributed by atoms with Gasteiger partial charge in [0.25, 0.3) is 0 Å². The molecule has 0 fully saturated rings. The highest BCUT2D eigenvalue weighted by Crippen LogP contribution is 2.39. The van der Waals surface area contributed by atoms with Crippen LogP contribution in [0.4, 0.5) is 0 Å². The number of para-hydroxylation sites is 1. The molecule has 4 heterocycles. The summed E-state index contributed by atoms with van der Waals surface area (Å²) in [7, 11) is 0. The molecule has 0 atom stereocenters. The van der Waals surface area contributed by atoms with Gasteiger partial charge in [-0.25, -0.2) is 19.9 Å². The fraction of sp³-hybridized carbons (Fsp3) is 0. The zero-order valence-electron chi connectivity index (χ0n) is 26.2. The van der Waals surface area contributed by atoms with Crippen LogP contribution in [0.3, 0.4) is 0 Å². The largest absolute Gasteiger partial charge is 0.245 e. The zero-order valence-corrected chi connectivity index (χ0v) is 27.0. The zero-order chi connectivity index (χ0) is 32.3. The van der Waals surface area contributed by atoms with E-state index in [0.717, 1.165) is 77.9 Å². The van der Waals surface area contributed by atoms with E-state index in [4.69, 9.17) is 19.9 Å². The molecule has 0 N–H and O–H groups in total. The van der Waals surface area contributed by atoms with E-state index in [0.29, 0.717) is 0 Å². The monoisotopic (exact) mass is 642 g/mol. The number of nitrogens with zero attached hydrogens (tertiary/aromatic N) is 4. The normalized spacial score (nSPS) is 11.7. The molecule has 0 unspecified atom stereocenters. The number of hydrogen-bond donors (Lipinski definition) is 0. The molecule has 0 amide bonds. The number of rotatable bonds is 4. The molecule has 10 aromatic rings. The van der Waals surface area contributed by atoms with Gasteiger partial charge in [-0.2, -0.15) is 0 Å². The second kappa shape index (κ2) is 11.2. The Morgan fingerprint density at radius 1 is 0.367 bits per heavy atom. The Bertz CT molecular complexity index is 2880. The molecule has 4 nitrogen and oxygen atoms in total. The predicted octanol–water partition coefficient (Wildman–Crippen LogP) is 11.8. The minimum absolute atomic E-state index is 0.817. The lowest BCUT2D eigenvalue weighted by molar-refractivity contribution is 1.29. The molecule has 10 rings (SSSR count). The van der Waals surface area contributed by atoms with Gasteiger partial charge >= 0.3 is 0 Å². The Morgan fingerprint density at radius 3 is 1.80 bits per heavy atom. The topological polar surface area (TPSA) is 51.6 Å². The molecular weight excluding hydrogens is 617 g/mol. The van der Waals surface area contributed by atoms with Crippen molar-refractivity contribution in [1.82, 2.24) is 19.9 Å². The van der Waals surface area contributed by atoms with E-state index in [2.05, 4.69) is 127 Å². The summed E-state index contributed by atoms with van der Waals surface area (Å²) in [4.78, 5) is 21.1. The Labute approximate surface area is 286 Å². The highest BCUT2D eigenvalue weighted by Gasteiger charge is 2.18. The number of pyridine rings is 2. The molecule has 0 aliphatic rings. The van der Waals surface area contributed by atoms with Crippen LogP contribution in [0.2, 0.25) is 0 Å². The van der Waals surface area contributed by atoms with Crippen molar-refractivity contribution < 1.29 is 0 Å². The summed E-state index contributed by atoms with van der Waals surface area (Å²) in [6.45, 7) is 0. The number of aromatic nitrogens is 4. The van der Waals surface area contributed by atoms with Crippen LogP contribution in [0.5, 0.6) is 0 Å². The first kappa shape index (κ1) is 27.8. The summed E-state index contributed by atoms with van der Waals surface area (Å²) < 4.78 is 2.55. The average molecular weight is 643 g/mol. The maximum Gasteiger partial charge on any atom is 0.0988 e. The molecule has 0 aliphatic heterocycles. The third-order valence-corrected chi connectivity index (χ3v) is 10.4. The minimum Gasteiger partial charge on any atom is -0.245 e. The molecule has 5 heteroatoms. The van der Waals surface area contributed by atoms with Crippen molar-refractivity contribution >= 4 is 64.3 Å². The van der Waals surface area contributed by atoms with Gasteiger partial charge in [-0.05, 0) is 36.4 Å². The van der Waals surface area contributed by atoms with E-state index < -0.39 is 0 Å². The van der Waals surface area contributed by atoms with Crippen molar-refractivity contribution in [2.75, 3.05) is 0 Å². The van der Waals surface area contributed by atoms with Crippen LogP contribution >= 0.6 is 11.3 Å². The first-order valence-electron chi connectivity index (χ1n) is 16.3. The van der Waals surface area contributed by atoms with Crippen molar-refractivity contribution in [2.45, 2.75) is 0 Å². The van der Waals surface area contributed by atoms with Crippen LogP contribution in [0.25, 0.3) is 98.0 Å². The maximum atomic E-state index is 5.41. The molecule has 6 aromatic carbocycles. The molecule has 0 aliphatic carbocycles. The van der Waals surface area contributed by atoms with Crippen molar-refractivity contribution in [3.05, 3.63) is 158 Å². The molecule has 0 saturated carbocycles. The number of benzene rings is 6. The van der Waals surface area contributed by atoms with Gasteiger partial charge in [-0.15, -0.1) is 11.3 Å². The second-order valence-corrected chi connectivity index (χ2v) is 13.3. The number of fused-ring (bicyclic) bond motifs is 7. The first-order valence-corrected chi connectivity index (χ1v) is 17.1. The summed E-state index contributed by atoms with van der Waals surface area (Å²) in [6.07, 6.45) is 0. The van der Waals surface area contributed by atoms with Crippen LogP contribution in [0, 0.1) is 0 Å². The van der Waals surface area contributed by atoms with Gasteiger partial charge in [0.05, 0.1) is 44.8 Å². The Balaban J connectivity index is 1.18. The van der Waals surface area contributed by atoms with E-state index in [1.54, 1.807) is 0 Å². The van der Waals surface area contributed by atoms with Gasteiger partial charge in [0.1, 0.15) is 0 Å². The molecule has 0 spiro atoms. The fourth-order valence-electron chi connectivity index (χ4n) is 6.84. The quantitative estimate of drug-likeness (QED) is 0.179. The summed E-state index contributed by atoms with van der Waals surface area (Å²) in [6, 6.07) is 54.8. The van der Waals surface area contributed by atoms with Crippen molar-refractivity contribution in [1.29, 1.82) is 0 Å². The summed E-state index contributed by atoms with van der Waals surface area (Å²) in [5, 5.41) is 4.61. The Hall–Kier alpha value is -6.30. The van der Waals surface area contributed by atoms with Gasteiger partial charge in [0.15, 0.2) is 0 Å². The van der Waals surface area contributed by atoms with Gasteiger partial charge in [-0.1, -0.05) is 121 Å². The van der Waals surface area contributed by atoms with E-state index in [1.165, 1.54) is 20.2 Å². The molecule has 0 bridgehead atoms. The Kier molecular flexibility index (Phi) is 6.32. The van der Waals surface area contributed by atoms with Gasteiger partial charge < -0.3 is 0 Å². The molecule has 4 aromatic heterocycles. The van der Waals surface area contributed by atoms with Crippen LogP contribution in [0.1, 0.15) is 0 Å². The van der Waals surface area contributed by atoms with Crippen LogP contribution in [0.15, 0.2) is 158 Å². The third-order valence-electron chi connectivity index (χ3n) is 9.26. The van der Waals surface area contributed by atoms with E-state index in [9.17, 15) is 0 Å². The first-order chi connectivity index (χ1) is 24.3. The van der Waals surface area contributed by atoms with Crippen LogP contribution in [-0.2, 0) is 0 Å². The van der Waals surface area contributed by atoms with Crippen molar-refractivity contribution in [2.24, 2.45) is 0 Å². The van der Waals surface area contributed by atoms with Crippen LogP contribution < -0.4 is 0 Å². The fourth-order valence-corrected chi connectivity index (χ4v) is 7.93. The van der Waals surface area contributed by atoms with Gasteiger partial charge in [0, 0.05) is 53.2 Å². The molecular formula is C44H26N4S. The second-order valence-electron chi connectivity index (χ2n) is 12.2. The average Bonchev–Trinajstić information content (AvgIpc) is 3.55. The lowest BCUT2D eigenvalue weighted by Gasteiger charge is -2.13. The lowest BCUT2D eigenvalue weighted by atomic mass is 10.0. The number of thiophene rings is 1. The third kappa shape index (κ3) is 4.66. The van der Waals surface area contributed by atoms with Gasteiger partial charge in [-0.3, -0.25) is 0 Å². The number of hydrogen-bond acceptors (Lipinski definition) is 5. The summed E-state index contributed by atoms with van der Waals surface area (Å²) in [5.41, 5.74) is 11.0. The van der Waals surface area contributed by atoms with E-state index in [-0.39, 0.29) is 0 Å².